The highest BCUT2D eigenvalue weighted by atomic mass is 35.5. The molecule has 0 saturated heterocycles. The average Bonchev–Trinajstić information content (AvgIpc) is 2.77. The van der Waals surface area contributed by atoms with Gasteiger partial charge in [0.1, 0.15) is 0 Å². The van der Waals surface area contributed by atoms with Crippen molar-refractivity contribution in [2.24, 2.45) is 0 Å². The van der Waals surface area contributed by atoms with E-state index in [-0.39, 0.29) is 17.5 Å². The number of alkyl halides is 3. The minimum atomic E-state index is -4.72. The van der Waals surface area contributed by atoms with Gasteiger partial charge < -0.3 is 10.1 Å². The number of ether oxygens (including phenoxy) is 1. The van der Waals surface area contributed by atoms with Gasteiger partial charge in [0.25, 0.3) is 0 Å². The van der Waals surface area contributed by atoms with E-state index in [9.17, 15) is 13.2 Å². The molecule has 1 aromatic heterocycles. The van der Waals surface area contributed by atoms with Crippen molar-refractivity contribution in [3.05, 3.63) is 45.6 Å². The molecule has 108 valence electrons. The Morgan fingerprint density at radius 1 is 1.20 bits per heavy atom. The fraction of sp³-hybridized carbons (Fsp3) is 0.231. The molecule has 0 bridgehead atoms. The van der Waals surface area contributed by atoms with Gasteiger partial charge in [-0.3, -0.25) is 0 Å². The smallest absolute Gasteiger partial charge is 0.404 e. The van der Waals surface area contributed by atoms with Crippen LogP contribution in [0, 0.1) is 0 Å². The lowest BCUT2D eigenvalue weighted by Crippen LogP contribution is -2.18. The Bertz CT molecular complexity index is 585. The van der Waals surface area contributed by atoms with E-state index in [1.807, 2.05) is 13.0 Å². The Kier molecular flexibility index (Phi) is 4.45. The lowest BCUT2D eigenvalue weighted by molar-refractivity contribution is -0.274. The quantitative estimate of drug-likeness (QED) is 0.805. The minimum Gasteiger partial charge on any atom is -0.404 e. The first-order valence-electron chi connectivity index (χ1n) is 5.72. The summed E-state index contributed by atoms with van der Waals surface area (Å²) in [6.45, 7) is 1.84. The summed E-state index contributed by atoms with van der Waals surface area (Å²) >= 11 is 7.22. The minimum absolute atomic E-state index is 0.175. The topological polar surface area (TPSA) is 21.3 Å². The highest BCUT2D eigenvalue weighted by Crippen LogP contribution is 2.34. The molecule has 1 atom stereocenters. The number of anilines is 1. The van der Waals surface area contributed by atoms with E-state index in [0.717, 1.165) is 4.88 Å². The van der Waals surface area contributed by atoms with E-state index in [4.69, 9.17) is 11.6 Å². The number of para-hydroxylation sites is 2. The average molecular weight is 322 g/mol. The zero-order valence-electron chi connectivity index (χ0n) is 10.4. The van der Waals surface area contributed by atoms with Crippen LogP contribution in [0.15, 0.2) is 36.4 Å². The van der Waals surface area contributed by atoms with Gasteiger partial charge in [-0.15, -0.1) is 24.5 Å². The van der Waals surface area contributed by atoms with Crippen LogP contribution in [0.3, 0.4) is 0 Å². The van der Waals surface area contributed by atoms with Crippen LogP contribution >= 0.6 is 22.9 Å². The third-order valence-corrected chi connectivity index (χ3v) is 3.92. The summed E-state index contributed by atoms with van der Waals surface area (Å²) in [5.41, 5.74) is 0.279. The SMILES string of the molecule is CC(Nc1ccccc1OC(F)(F)F)c1ccc(Cl)s1. The molecular formula is C13H11ClF3NOS. The van der Waals surface area contributed by atoms with Crippen molar-refractivity contribution in [1.82, 2.24) is 0 Å². The molecule has 0 aliphatic rings. The van der Waals surface area contributed by atoms with Gasteiger partial charge in [-0.05, 0) is 31.2 Å². The molecule has 7 heteroatoms. The first-order chi connectivity index (χ1) is 9.35. The molecule has 2 aromatic rings. The number of halogens is 4. The van der Waals surface area contributed by atoms with Crippen LogP contribution in [0.1, 0.15) is 17.8 Å². The van der Waals surface area contributed by atoms with E-state index in [2.05, 4.69) is 10.1 Å². The Balaban J connectivity index is 2.17. The molecular weight excluding hydrogens is 311 g/mol. The van der Waals surface area contributed by atoms with Gasteiger partial charge >= 0.3 is 6.36 Å². The summed E-state index contributed by atoms with van der Waals surface area (Å²) in [6.07, 6.45) is -4.72. The third kappa shape index (κ3) is 4.05. The molecule has 1 N–H and O–H groups in total. The fourth-order valence-corrected chi connectivity index (χ4v) is 2.73. The zero-order valence-corrected chi connectivity index (χ0v) is 11.9. The highest BCUT2D eigenvalue weighted by Gasteiger charge is 2.32. The number of rotatable bonds is 4. The molecule has 0 fully saturated rings. The van der Waals surface area contributed by atoms with Crippen molar-refractivity contribution in [1.29, 1.82) is 0 Å². The van der Waals surface area contributed by atoms with Crippen molar-refractivity contribution < 1.29 is 17.9 Å². The lowest BCUT2D eigenvalue weighted by Gasteiger charge is -2.18. The van der Waals surface area contributed by atoms with Crippen LogP contribution in [0.4, 0.5) is 18.9 Å². The van der Waals surface area contributed by atoms with Gasteiger partial charge in [0.15, 0.2) is 5.75 Å². The Labute approximate surface area is 123 Å². The van der Waals surface area contributed by atoms with Crippen molar-refractivity contribution in [2.45, 2.75) is 19.3 Å². The second-order valence-corrected chi connectivity index (χ2v) is 5.80. The van der Waals surface area contributed by atoms with Crippen LogP contribution in [-0.4, -0.2) is 6.36 Å². The van der Waals surface area contributed by atoms with Crippen LogP contribution in [-0.2, 0) is 0 Å². The van der Waals surface area contributed by atoms with Gasteiger partial charge in [0.2, 0.25) is 0 Å². The molecule has 0 amide bonds. The summed E-state index contributed by atoms with van der Waals surface area (Å²) in [6, 6.07) is 9.33. The maximum Gasteiger partial charge on any atom is 0.573 e. The van der Waals surface area contributed by atoms with Crippen molar-refractivity contribution >= 4 is 28.6 Å². The summed E-state index contributed by atoms with van der Waals surface area (Å²) < 4.78 is 41.6. The zero-order chi connectivity index (χ0) is 14.8. The number of hydrogen-bond acceptors (Lipinski definition) is 3. The summed E-state index contributed by atoms with van der Waals surface area (Å²) in [7, 11) is 0. The lowest BCUT2D eigenvalue weighted by atomic mass is 10.2. The fourth-order valence-electron chi connectivity index (χ4n) is 1.66. The standard InChI is InChI=1S/C13H11ClF3NOS/c1-8(11-6-7-12(14)20-11)18-9-4-2-3-5-10(9)19-13(15,16)17/h2-8,18H,1H3. The van der Waals surface area contributed by atoms with Gasteiger partial charge in [0, 0.05) is 4.88 Å². The van der Waals surface area contributed by atoms with E-state index >= 15 is 0 Å². The summed E-state index contributed by atoms with van der Waals surface area (Å²) in [4.78, 5) is 0.928. The Hall–Kier alpha value is -1.40. The normalized spacial score (nSPS) is 13.1. The number of nitrogens with one attached hydrogen (secondary N) is 1. The maximum absolute atomic E-state index is 12.3. The largest absolute Gasteiger partial charge is 0.573 e. The van der Waals surface area contributed by atoms with Crippen LogP contribution in [0.25, 0.3) is 0 Å². The molecule has 1 heterocycles. The predicted molar refractivity (Wildman–Crippen MR) is 74.5 cm³/mol. The maximum atomic E-state index is 12.3. The summed E-state index contributed by atoms with van der Waals surface area (Å²) in [5, 5.41) is 2.99. The first-order valence-corrected chi connectivity index (χ1v) is 6.91. The van der Waals surface area contributed by atoms with E-state index < -0.39 is 6.36 Å². The Morgan fingerprint density at radius 3 is 2.50 bits per heavy atom. The van der Waals surface area contributed by atoms with Gasteiger partial charge in [0.05, 0.1) is 16.1 Å². The molecule has 2 nitrogen and oxygen atoms in total. The van der Waals surface area contributed by atoms with Crippen molar-refractivity contribution in [3.8, 4) is 5.75 Å². The van der Waals surface area contributed by atoms with Gasteiger partial charge in [-0.25, -0.2) is 0 Å². The Morgan fingerprint density at radius 2 is 1.90 bits per heavy atom. The van der Waals surface area contributed by atoms with Gasteiger partial charge in [-0.1, -0.05) is 23.7 Å². The van der Waals surface area contributed by atoms with Crippen molar-refractivity contribution in [2.75, 3.05) is 5.32 Å². The molecule has 2 rings (SSSR count). The second-order valence-electron chi connectivity index (χ2n) is 4.05. The third-order valence-electron chi connectivity index (χ3n) is 2.51. The number of thiophene rings is 1. The molecule has 0 spiro atoms. The molecule has 0 aliphatic carbocycles. The van der Waals surface area contributed by atoms with E-state index in [0.29, 0.717) is 4.34 Å². The molecule has 1 aromatic carbocycles. The second kappa shape index (κ2) is 5.93. The van der Waals surface area contributed by atoms with Crippen LogP contribution in [0.5, 0.6) is 5.75 Å². The van der Waals surface area contributed by atoms with E-state index in [1.54, 1.807) is 12.1 Å². The number of benzene rings is 1. The summed E-state index contributed by atoms with van der Waals surface area (Å²) in [5.74, 6) is -0.255. The molecule has 0 radical (unpaired) electrons. The van der Waals surface area contributed by atoms with Crippen LogP contribution < -0.4 is 10.1 Å². The van der Waals surface area contributed by atoms with E-state index in [1.165, 1.54) is 29.5 Å². The monoisotopic (exact) mass is 321 g/mol. The molecule has 0 aliphatic heterocycles. The van der Waals surface area contributed by atoms with Gasteiger partial charge in [-0.2, -0.15) is 0 Å². The first kappa shape index (κ1) is 15.0. The van der Waals surface area contributed by atoms with Crippen molar-refractivity contribution in [3.63, 3.8) is 0 Å². The number of hydrogen-bond donors (Lipinski definition) is 1. The highest BCUT2D eigenvalue weighted by molar-refractivity contribution is 7.16. The molecule has 20 heavy (non-hydrogen) atoms. The molecule has 1 unspecified atom stereocenters. The van der Waals surface area contributed by atoms with Crippen LogP contribution in [0.2, 0.25) is 4.34 Å². The molecule has 0 saturated carbocycles. The predicted octanol–water partition coefficient (Wildman–Crippen LogP) is 5.47.